The van der Waals surface area contributed by atoms with Crippen LogP contribution in [0.1, 0.15) is 43.4 Å². The molecule has 1 aromatic carbocycles. The summed E-state index contributed by atoms with van der Waals surface area (Å²) in [6, 6.07) is 10.6. The lowest BCUT2D eigenvalue weighted by Gasteiger charge is -2.38. The predicted molar refractivity (Wildman–Crippen MR) is 110 cm³/mol. The first kappa shape index (κ1) is 19.8. The molecule has 1 N–H and O–H groups in total. The SMILES string of the molecule is CCc1nc(C)nc(N2CCN(CC(C)(C)O)CC2)c1Cc1ccccc1. The second-order valence-electron chi connectivity index (χ2n) is 8.11. The molecule has 1 aliphatic rings. The number of rotatable bonds is 6. The highest BCUT2D eigenvalue weighted by Crippen LogP contribution is 2.26. The van der Waals surface area contributed by atoms with Crippen molar-refractivity contribution in [2.24, 2.45) is 0 Å². The molecule has 0 radical (unpaired) electrons. The van der Waals surface area contributed by atoms with Crippen LogP contribution in [0.15, 0.2) is 30.3 Å². The summed E-state index contributed by atoms with van der Waals surface area (Å²) in [6.07, 6.45) is 1.78. The number of nitrogens with zero attached hydrogens (tertiary/aromatic N) is 4. The Morgan fingerprint density at radius 3 is 2.30 bits per heavy atom. The Hall–Kier alpha value is -1.98. The van der Waals surface area contributed by atoms with Gasteiger partial charge in [0.25, 0.3) is 0 Å². The molecule has 5 heteroatoms. The second kappa shape index (κ2) is 8.36. The third kappa shape index (κ3) is 5.27. The maximum Gasteiger partial charge on any atom is 0.136 e. The summed E-state index contributed by atoms with van der Waals surface area (Å²) in [5, 5.41) is 10.1. The summed E-state index contributed by atoms with van der Waals surface area (Å²) in [5.74, 6) is 1.93. The van der Waals surface area contributed by atoms with Gasteiger partial charge in [-0.15, -0.1) is 0 Å². The van der Waals surface area contributed by atoms with Crippen LogP contribution in [0.3, 0.4) is 0 Å². The number of β-amino-alcohol motifs (C(OH)–C–C–N with tert-alkyl or cyclic N) is 1. The lowest BCUT2D eigenvalue weighted by molar-refractivity contribution is 0.0344. The molecule has 1 aromatic heterocycles. The lowest BCUT2D eigenvalue weighted by Crippen LogP contribution is -2.51. The molecule has 1 aliphatic heterocycles. The van der Waals surface area contributed by atoms with Crippen molar-refractivity contribution in [3.8, 4) is 0 Å². The number of hydrogen-bond acceptors (Lipinski definition) is 5. The van der Waals surface area contributed by atoms with E-state index in [1.165, 1.54) is 11.1 Å². The predicted octanol–water partition coefficient (Wildman–Crippen LogP) is 2.83. The van der Waals surface area contributed by atoms with Gasteiger partial charge in [0.05, 0.1) is 5.60 Å². The highest BCUT2D eigenvalue weighted by molar-refractivity contribution is 5.52. The molecule has 2 aromatic rings. The Morgan fingerprint density at radius 2 is 1.70 bits per heavy atom. The molecule has 0 saturated carbocycles. The molecule has 27 heavy (non-hydrogen) atoms. The fourth-order valence-electron chi connectivity index (χ4n) is 3.84. The fourth-order valence-corrected chi connectivity index (χ4v) is 3.84. The average Bonchev–Trinajstić information content (AvgIpc) is 2.63. The van der Waals surface area contributed by atoms with Crippen LogP contribution >= 0.6 is 0 Å². The molecule has 0 atom stereocenters. The van der Waals surface area contributed by atoms with Crippen molar-refractivity contribution in [3.05, 3.63) is 53.0 Å². The van der Waals surface area contributed by atoms with E-state index in [2.05, 4.69) is 47.1 Å². The van der Waals surface area contributed by atoms with Gasteiger partial charge in [-0.1, -0.05) is 37.3 Å². The van der Waals surface area contributed by atoms with Crippen LogP contribution in [0.4, 0.5) is 5.82 Å². The summed E-state index contributed by atoms with van der Waals surface area (Å²) in [5.41, 5.74) is 3.05. The molecule has 0 bridgehead atoms. The summed E-state index contributed by atoms with van der Waals surface area (Å²) in [4.78, 5) is 14.3. The van der Waals surface area contributed by atoms with E-state index in [-0.39, 0.29) is 0 Å². The summed E-state index contributed by atoms with van der Waals surface area (Å²) >= 11 is 0. The largest absolute Gasteiger partial charge is 0.389 e. The molecule has 0 amide bonds. The first-order valence-corrected chi connectivity index (χ1v) is 9.95. The van der Waals surface area contributed by atoms with Crippen molar-refractivity contribution in [1.29, 1.82) is 0 Å². The van der Waals surface area contributed by atoms with Gasteiger partial charge in [0.15, 0.2) is 0 Å². The van der Waals surface area contributed by atoms with E-state index in [1.54, 1.807) is 0 Å². The van der Waals surface area contributed by atoms with E-state index < -0.39 is 5.60 Å². The Balaban J connectivity index is 1.83. The maximum atomic E-state index is 10.1. The maximum absolute atomic E-state index is 10.1. The minimum atomic E-state index is -0.651. The van der Waals surface area contributed by atoms with Gasteiger partial charge in [0.2, 0.25) is 0 Å². The van der Waals surface area contributed by atoms with Gasteiger partial charge in [-0.2, -0.15) is 0 Å². The quantitative estimate of drug-likeness (QED) is 0.850. The van der Waals surface area contributed by atoms with Gasteiger partial charge in [0.1, 0.15) is 11.6 Å². The molecule has 1 saturated heterocycles. The lowest BCUT2D eigenvalue weighted by atomic mass is 10.0. The molecule has 5 nitrogen and oxygen atoms in total. The van der Waals surface area contributed by atoms with Gasteiger partial charge in [0, 0.05) is 50.4 Å². The summed E-state index contributed by atoms with van der Waals surface area (Å²) < 4.78 is 0. The number of hydrogen-bond donors (Lipinski definition) is 1. The van der Waals surface area contributed by atoms with E-state index in [9.17, 15) is 5.11 Å². The molecule has 1 fully saturated rings. The number of aromatic nitrogens is 2. The number of anilines is 1. The van der Waals surface area contributed by atoms with Crippen LogP contribution in [-0.2, 0) is 12.8 Å². The fraction of sp³-hybridized carbons (Fsp3) is 0.545. The number of piperazine rings is 1. The monoisotopic (exact) mass is 368 g/mol. The molecule has 2 heterocycles. The Bertz CT molecular complexity index is 747. The van der Waals surface area contributed by atoms with Crippen molar-refractivity contribution >= 4 is 5.82 Å². The third-order valence-electron chi connectivity index (χ3n) is 5.02. The average molecular weight is 369 g/mol. The molecule has 0 spiro atoms. The minimum Gasteiger partial charge on any atom is -0.389 e. The van der Waals surface area contributed by atoms with Crippen molar-refractivity contribution in [1.82, 2.24) is 14.9 Å². The summed E-state index contributed by atoms with van der Waals surface area (Å²) in [6.45, 7) is 12.4. The van der Waals surface area contributed by atoms with E-state index in [1.807, 2.05) is 20.8 Å². The molecule has 146 valence electrons. The molecular weight excluding hydrogens is 336 g/mol. The van der Waals surface area contributed by atoms with Crippen molar-refractivity contribution < 1.29 is 5.11 Å². The van der Waals surface area contributed by atoms with Crippen LogP contribution in [0.5, 0.6) is 0 Å². The first-order valence-electron chi connectivity index (χ1n) is 9.95. The van der Waals surface area contributed by atoms with Gasteiger partial charge >= 0.3 is 0 Å². The third-order valence-corrected chi connectivity index (χ3v) is 5.02. The topological polar surface area (TPSA) is 52.5 Å². The zero-order chi connectivity index (χ0) is 19.4. The zero-order valence-corrected chi connectivity index (χ0v) is 17.1. The van der Waals surface area contributed by atoms with Crippen molar-refractivity contribution in [2.45, 2.75) is 46.1 Å². The Labute approximate surface area is 163 Å². The van der Waals surface area contributed by atoms with Crippen LogP contribution < -0.4 is 4.90 Å². The normalized spacial score (nSPS) is 16.0. The highest BCUT2D eigenvalue weighted by atomic mass is 16.3. The molecule has 3 rings (SSSR count). The molecule has 0 unspecified atom stereocenters. The van der Waals surface area contributed by atoms with Crippen LogP contribution in [-0.4, -0.2) is 58.3 Å². The van der Waals surface area contributed by atoms with Crippen LogP contribution in [0.25, 0.3) is 0 Å². The van der Waals surface area contributed by atoms with E-state index in [0.717, 1.165) is 56.4 Å². The minimum absolute atomic E-state index is 0.651. The zero-order valence-electron chi connectivity index (χ0n) is 17.1. The van der Waals surface area contributed by atoms with Gasteiger partial charge < -0.3 is 10.0 Å². The smallest absolute Gasteiger partial charge is 0.136 e. The van der Waals surface area contributed by atoms with E-state index in [4.69, 9.17) is 9.97 Å². The standard InChI is InChI=1S/C22H32N4O/c1-5-20-19(15-18-9-7-6-8-10-18)21(24-17(2)23-20)26-13-11-25(12-14-26)16-22(3,4)27/h6-10,27H,5,11-16H2,1-4H3. The van der Waals surface area contributed by atoms with Crippen LogP contribution in [0, 0.1) is 6.92 Å². The van der Waals surface area contributed by atoms with Crippen molar-refractivity contribution in [3.63, 3.8) is 0 Å². The van der Waals surface area contributed by atoms with E-state index in [0.29, 0.717) is 6.54 Å². The number of aliphatic hydroxyl groups is 1. The highest BCUT2D eigenvalue weighted by Gasteiger charge is 2.25. The molecule has 0 aliphatic carbocycles. The number of benzene rings is 1. The van der Waals surface area contributed by atoms with Crippen LogP contribution in [0.2, 0.25) is 0 Å². The van der Waals surface area contributed by atoms with E-state index >= 15 is 0 Å². The van der Waals surface area contributed by atoms with Crippen molar-refractivity contribution in [2.75, 3.05) is 37.6 Å². The first-order chi connectivity index (χ1) is 12.9. The second-order valence-corrected chi connectivity index (χ2v) is 8.11. The Kier molecular flexibility index (Phi) is 6.12. The summed E-state index contributed by atoms with van der Waals surface area (Å²) in [7, 11) is 0. The van der Waals surface area contributed by atoms with Gasteiger partial charge in [-0.3, -0.25) is 4.90 Å². The van der Waals surface area contributed by atoms with Gasteiger partial charge in [-0.05, 0) is 32.8 Å². The molecular formula is C22H32N4O. The van der Waals surface area contributed by atoms with Gasteiger partial charge in [-0.25, -0.2) is 9.97 Å². The Morgan fingerprint density at radius 1 is 1.04 bits per heavy atom. The number of aryl methyl sites for hydroxylation is 2.